The summed E-state index contributed by atoms with van der Waals surface area (Å²) in [7, 11) is 0. The highest BCUT2D eigenvalue weighted by Gasteiger charge is 2.18. The number of hydrogen-bond acceptors (Lipinski definition) is 7. The van der Waals surface area contributed by atoms with Crippen LogP contribution in [0.15, 0.2) is 41.5 Å². The van der Waals surface area contributed by atoms with Crippen LogP contribution in [0.2, 0.25) is 10.0 Å². The summed E-state index contributed by atoms with van der Waals surface area (Å²) < 4.78 is 21.9. The zero-order valence-electron chi connectivity index (χ0n) is 18.6. The van der Waals surface area contributed by atoms with Crippen molar-refractivity contribution in [1.29, 1.82) is 0 Å². The molecule has 2 amide bonds. The molecule has 1 aliphatic heterocycles. The topological polar surface area (TPSA) is 98.7 Å². The van der Waals surface area contributed by atoms with Crippen LogP contribution in [0.3, 0.4) is 0 Å². The average Bonchev–Trinajstić information content (AvgIpc) is 2.83. The molecule has 0 saturated carbocycles. The van der Waals surface area contributed by atoms with E-state index in [0.29, 0.717) is 65.8 Å². The minimum absolute atomic E-state index is 0.0960. The van der Waals surface area contributed by atoms with Gasteiger partial charge >= 0.3 is 0 Å². The summed E-state index contributed by atoms with van der Waals surface area (Å²) in [6, 6.07) is 9.84. The Balaban J connectivity index is 1.52. The molecule has 0 aromatic heterocycles. The summed E-state index contributed by atoms with van der Waals surface area (Å²) in [5, 5.41) is 4.71. The maximum absolute atomic E-state index is 12.3. The van der Waals surface area contributed by atoms with Gasteiger partial charge in [0.25, 0.3) is 11.8 Å². The molecular formula is C23H25Cl2N3O6. The lowest BCUT2D eigenvalue weighted by atomic mass is 10.2. The van der Waals surface area contributed by atoms with Gasteiger partial charge in [-0.05, 0) is 48.9 Å². The van der Waals surface area contributed by atoms with Crippen molar-refractivity contribution < 1.29 is 28.5 Å². The highest BCUT2D eigenvalue weighted by molar-refractivity contribution is 6.35. The van der Waals surface area contributed by atoms with E-state index >= 15 is 0 Å². The predicted octanol–water partition coefficient (Wildman–Crippen LogP) is 3.16. The third-order valence-corrected chi connectivity index (χ3v) is 5.17. The Bertz CT molecular complexity index is 1030. The molecule has 9 nitrogen and oxygen atoms in total. The Morgan fingerprint density at radius 1 is 1.03 bits per heavy atom. The molecule has 1 heterocycles. The Labute approximate surface area is 207 Å². The van der Waals surface area contributed by atoms with Gasteiger partial charge in [0, 0.05) is 18.1 Å². The summed E-state index contributed by atoms with van der Waals surface area (Å²) in [4.78, 5) is 26.0. The van der Waals surface area contributed by atoms with Crippen molar-refractivity contribution in [2.45, 2.75) is 6.92 Å². The Hall–Kier alpha value is -3.01. The standard InChI is InChI=1S/C23H25Cl2N3O6/c1-2-32-21-11-16(3-5-20(21)34-15-23(30)28-7-9-31-10-8-28)13-26-27-22(29)14-33-19-6-4-17(24)12-18(19)25/h3-6,11-13H,2,7-10,14-15H2,1H3,(H,27,29)/b26-13+. The van der Waals surface area contributed by atoms with E-state index in [9.17, 15) is 9.59 Å². The number of halogens is 2. The first-order valence-electron chi connectivity index (χ1n) is 10.6. The fraction of sp³-hybridized carbons (Fsp3) is 0.348. The summed E-state index contributed by atoms with van der Waals surface area (Å²) in [5.41, 5.74) is 3.04. The molecule has 11 heteroatoms. The van der Waals surface area contributed by atoms with Gasteiger partial charge in [-0.15, -0.1) is 0 Å². The Kier molecular flexibility index (Phi) is 9.81. The largest absolute Gasteiger partial charge is 0.490 e. The van der Waals surface area contributed by atoms with Crippen molar-refractivity contribution in [3.05, 3.63) is 52.0 Å². The monoisotopic (exact) mass is 509 g/mol. The molecule has 0 radical (unpaired) electrons. The van der Waals surface area contributed by atoms with Crippen LogP contribution in [0.1, 0.15) is 12.5 Å². The highest BCUT2D eigenvalue weighted by Crippen LogP contribution is 2.28. The molecule has 2 aromatic carbocycles. The van der Waals surface area contributed by atoms with E-state index in [1.54, 1.807) is 35.2 Å². The van der Waals surface area contributed by atoms with Gasteiger partial charge in [0.05, 0.1) is 31.1 Å². The van der Waals surface area contributed by atoms with Crippen molar-refractivity contribution in [1.82, 2.24) is 10.3 Å². The second-order valence-corrected chi connectivity index (χ2v) is 7.92. The molecule has 1 aliphatic rings. The molecule has 0 atom stereocenters. The molecule has 0 unspecified atom stereocenters. The highest BCUT2D eigenvalue weighted by atomic mass is 35.5. The molecule has 0 bridgehead atoms. The van der Waals surface area contributed by atoms with Gasteiger partial charge in [0.15, 0.2) is 24.7 Å². The molecule has 1 N–H and O–H groups in total. The van der Waals surface area contributed by atoms with E-state index in [0.717, 1.165) is 0 Å². The van der Waals surface area contributed by atoms with Crippen LogP contribution in [-0.2, 0) is 14.3 Å². The SMILES string of the molecule is CCOc1cc(/C=N/NC(=O)COc2ccc(Cl)cc2Cl)ccc1OCC(=O)N1CCOCC1. The molecule has 1 fully saturated rings. The number of carbonyl (C=O) groups is 2. The number of morpholine rings is 1. The number of rotatable bonds is 10. The predicted molar refractivity (Wildman–Crippen MR) is 128 cm³/mol. The van der Waals surface area contributed by atoms with Crippen LogP contribution in [0.25, 0.3) is 0 Å². The number of amides is 2. The lowest BCUT2D eigenvalue weighted by molar-refractivity contribution is -0.137. The van der Waals surface area contributed by atoms with E-state index in [2.05, 4.69) is 10.5 Å². The van der Waals surface area contributed by atoms with Gasteiger partial charge in [-0.1, -0.05) is 23.2 Å². The van der Waals surface area contributed by atoms with E-state index in [4.69, 9.17) is 42.1 Å². The minimum atomic E-state index is -0.464. The third kappa shape index (κ3) is 7.79. The number of benzene rings is 2. The molecule has 3 rings (SSSR count). The molecule has 34 heavy (non-hydrogen) atoms. The van der Waals surface area contributed by atoms with E-state index in [1.165, 1.54) is 12.3 Å². The first-order valence-corrected chi connectivity index (χ1v) is 11.4. The first-order chi connectivity index (χ1) is 16.5. The van der Waals surface area contributed by atoms with Crippen molar-refractivity contribution in [3.63, 3.8) is 0 Å². The number of ether oxygens (including phenoxy) is 4. The molecule has 0 spiro atoms. The number of hydrogen-bond donors (Lipinski definition) is 1. The maximum atomic E-state index is 12.3. The minimum Gasteiger partial charge on any atom is -0.490 e. The quantitative estimate of drug-likeness (QED) is 0.390. The van der Waals surface area contributed by atoms with Crippen molar-refractivity contribution >= 4 is 41.2 Å². The first kappa shape index (κ1) is 25.6. The lowest BCUT2D eigenvalue weighted by Gasteiger charge is -2.26. The Morgan fingerprint density at radius 2 is 1.76 bits per heavy atom. The van der Waals surface area contributed by atoms with Gasteiger partial charge in [-0.25, -0.2) is 5.43 Å². The summed E-state index contributed by atoms with van der Waals surface area (Å²) in [5.74, 6) is 0.676. The van der Waals surface area contributed by atoms with Crippen LogP contribution >= 0.6 is 23.2 Å². The van der Waals surface area contributed by atoms with Gasteiger partial charge in [0.1, 0.15) is 5.75 Å². The van der Waals surface area contributed by atoms with Crippen LogP contribution in [0, 0.1) is 0 Å². The molecule has 0 aliphatic carbocycles. The average molecular weight is 510 g/mol. The van der Waals surface area contributed by atoms with Crippen LogP contribution < -0.4 is 19.6 Å². The smallest absolute Gasteiger partial charge is 0.277 e. The van der Waals surface area contributed by atoms with Crippen LogP contribution in [0.4, 0.5) is 0 Å². The summed E-state index contributed by atoms with van der Waals surface area (Å²) in [6.45, 7) is 4.06. The zero-order valence-corrected chi connectivity index (χ0v) is 20.1. The van der Waals surface area contributed by atoms with Crippen molar-refractivity contribution in [2.75, 3.05) is 46.1 Å². The van der Waals surface area contributed by atoms with E-state index < -0.39 is 5.91 Å². The summed E-state index contributed by atoms with van der Waals surface area (Å²) >= 11 is 11.8. The van der Waals surface area contributed by atoms with Crippen molar-refractivity contribution in [3.8, 4) is 17.2 Å². The van der Waals surface area contributed by atoms with Crippen LogP contribution in [0.5, 0.6) is 17.2 Å². The van der Waals surface area contributed by atoms with Gasteiger partial charge in [-0.2, -0.15) is 5.10 Å². The zero-order chi connectivity index (χ0) is 24.3. The fourth-order valence-electron chi connectivity index (χ4n) is 2.98. The van der Waals surface area contributed by atoms with Crippen molar-refractivity contribution in [2.24, 2.45) is 5.10 Å². The normalized spacial score (nSPS) is 13.6. The molecule has 1 saturated heterocycles. The fourth-order valence-corrected chi connectivity index (χ4v) is 3.45. The van der Waals surface area contributed by atoms with Crippen LogP contribution in [-0.4, -0.2) is 69.1 Å². The number of nitrogens with zero attached hydrogens (tertiary/aromatic N) is 2. The maximum Gasteiger partial charge on any atom is 0.277 e. The van der Waals surface area contributed by atoms with Gasteiger partial charge < -0.3 is 23.8 Å². The number of hydrazone groups is 1. The number of carbonyl (C=O) groups excluding carboxylic acids is 2. The summed E-state index contributed by atoms with van der Waals surface area (Å²) in [6.07, 6.45) is 1.46. The third-order valence-electron chi connectivity index (χ3n) is 4.64. The second kappa shape index (κ2) is 13.0. The van der Waals surface area contributed by atoms with E-state index in [1.807, 2.05) is 6.92 Å². The molecule has 2 aromatic rings. The van der Waals surface area contributed by atoms with E-state index in [-0.39, 0.29) is 19.1 Å². The lowest BCUT2D eigenvalue weighted by Crippen LogP contribution is -2.43. The second-order valence-electron chi connectivity index (χ2n) is 7.08. The molecular weight excluding hydrogens is 485 g/mol. The number of nitrogens with one attached hydrogen (secondary N) is 1. The van der Waals surface area contributed by atoms with Gasteiger partial charge in [-0.3, -0.25) is 9.59 Å². The Morgan fingerprint density at radius 3 is 2.50 bits per heavy atom. The van der Waals surface area contributed by atoms with Gasteiger partial charge in [0.2, 0.25) is 0 Å². The molecule has 182 valence electrons.